The number of halogens is 1. The highest BCUT2D eigenvalue weighted by molar-refractivity contribution is 6.31. The molecule has 1 aromatic rings. The van der Waals surface area contributed by atoms with Crippen LogP contribution >= 0.6 is 11.6 Å². The normalized spacial score (nSPS) is 12.5. The topological polar surface area (TPSA) is 17.1 Å². The Morgan fingerprint density at radius 2 is 2.09 bits per heavy atom. The number of hydrogen-bond donors (Lipinski definition) is 0. The minimum atomic E-state index is -0.108. The highest BCUT2D eigenvalue weighted by Crippen LogP contribution is 2.21. The van der Waals surface area contributed by atoms with Crippen molar-refractivity contribution in [2.75, 3.05) is 0 Å². The van der Waals surface area contributed by atoms with E-state index in [9.17, 15) is 4.79 Å². The molecular formula is C9H9ClO. The maximum Gasteiger partial charge on any atom is 0.127 e. The van der Waals surface area contributed by atoms with Gasteiger partial charge in [0.25, 0.3) is 0 Å². The number of carbonyl (C=O) groups excluding carboxylic acids is 1. The summed E-state index contributed by atoms with van der Waals surface area (Å²) in [6, 6.07) is 7.38. The van der Waals surface area contributed by atoms with Gasteiger partial charge in [0.15, 0.2) is 0 Å². The average Bonchev–Trinajstić information content (AvgIpc) is 2.04. The lowest BCUT2D eigenvalue weighted by molar-refractivity contribution is -0.108. The van der Waals surface area contributed by atoms with Gasteiger partial charge >= 0.3 is 0 Å². The molecule has 1 rings (SSSR count). The van der Waals surface area contributed by atoms with E-state index in [0.29, 0.717) is 5.02 Å². The van der Waals surface area contributed by atoms with Gasteiger partial charge in [-0.1, -0.05) is 36.7 Å². The zero-order chi connectivity index (χ0) is 8.27. The number of hydrogen-bond acceptors (Lipinski definition) is 1. The van der Waals surface area contributed by atoms with E-state index in [1.165, 1.54) is 0 Å². The van der Waals surface area contributed by atoms with Crippen LogP contribution in [-0.4, -0.2) is 6.29 Å². The molecule has 0 saturated heterocycles. The zero-order valence-electron chi connectivity index (χ0n) is 6.25. The van der Waals surface area contributed by atoms with Gasteiger partial charge < -0.3 is 4.79 Å². The van der Waals surface area contributed by atoms with Crippen molar-refractivity contribution in [3.05, 3.63) is 34.9 Å². The third kappa shape index (κ3) is 1.81. The molecule has 11 heavy (non-hydrogen) atoms. The predicted octanol–water partition coefficient (Wildman–Crippen LogP) is 2.64. The van der Waals surface area contributed by atoms with Crippen molar-refractivity contribution in [1.82, 2.24) is 0 Å². The van der Waals surface area contributed by atoms with Crippen LogP contribution in [0.15, 0.2) is 24.3 Å². The van der Waals surface area contributed by atoms with Gasteiger partial charge in [0.2, 0.25) is 0 Å². The molecule has 0 fully saturated rings. The van der Waals surface area contributed by atoms with Crippen LogP contribution in [0.4, 0.5) is 0 Å². The van der Waals surface area contributed by atoms with Gasteiger partial charge in [-0.15, -0.1) is 0 Å². The summed E-state index contributed by atoms with van der Waals surface area (Å²) in [4.78, 5) is 10.4. The number of benzene rings is 1. The lowest BCUT2D eigenvalue weighted by Crippen LogP contribution is -1.94. The summed E-state index contributed by atoms with van der Waals surface area (Å²) >= 11 is 5.84. The Morgan fingerprint density at radius 1 is 1.45 bits per heavy atom. The van der Waals surface area contributed by atoms with Gasteiger partial charge in [0.1, 0.15) is 6.29 Å². The molecule has 0 aliphatic heterocycles. The molecule has 0 amide bonds. The Balaban J connectivity index is 3.02. The molecule has 0 saturated carbocycles. The minimum absolute atomic E-state index is 0.108. The van der Waals surface area contributed by atoms with Crippen LogP contribution in [0.2, 0.25) is 5.02 Å². The summed E-state index contributed by atoms with van der Waals surface area (Å²) in [7, 11) is 0. The van der Waals surface area contributed by atoms with Crippen LogP contribution in [0, 0.1) is 0 Å². The molecule has 0 unspecified atom stereocenters. The highest BCUT2D eigenvalue weighted by atomic mass is 35.5. The van der Waals surface area contributed by atoms with Crippen molar-refractivity contribution in [1.29, 1.82) is 0 Å². The summed E-state index contributed by atoms with van der Waals surface area (Å²) < 4.78 is 0. The van der Waals surface area contributed by atoms with Crippen molar-refractivity contribution >= 4 is 17.9 Å². The van der Waals surface area contributed by atoms with Crippen LogP contribution in [-0.2, 0) is 4.79 Å². The van der Waals surface area contributed by atoms with Crippen LogP contribution < -0.4 is 0 Å². The Bertz CT molecular complexity index is 257. The molecule has 0 N–H and O–H groups in total. The molecule has 1 atom stereocenters. The number of aldehydes is 1. The number of carbonyl (C=O) groups is 1. The second kappa shape index (κ2) is 3.54. The largest absolute Gasteiger partial charge is 0.303 e. The van der Waals surface area contributed by atoms with Gasteiger partial charge in [0.05, 0.1) is 0 Å². The van der Waals surface area contributed by atoms with Crippen LogP contribution in [0.3, 0.4) is 0 Å². The summed E-state index contributed by atoms with van der Waals surface area (Å²) in [5.74, 6) is -0.108. The molecule has 0 aliphatic rings. The van der Waals surface area contributed by atoms with Crippen molar-refractivity contribution < 1.29 is 4.79 Å². The highest BCUT2D eigenvalue weighted by Gasteiger charge is 2.05. The third-order valence-electron chi connectivity index (χ3n) is 1.60. The summed E-state index contributed by atoms with van der Waals surface area (Å²) in [6.07, 6.45) is 0.890. The smallest absolute Gasteiger partial charge is 0.127 e. The van der Waals surface area contributed by atoms with E-state index < -0.39 is 0 Å². The summed E-state index contributed by atoms with van der Waals surface area (Å²) in [5, 5.41) is 0.659. The Labute approximate surface area is 71.0 Å². The lowest BCUT2D eigenvalue weighted by atomic mass is 10.0. The fourth-order valence-corrected chi connectivity index (χ4v) is 1.23. The standard InChI is InChI=1S/C9H9ClO/c1-7(6-11)8-4-2-3-5-9(8)10/h2-7H,1H3/t7-/m0/s1. The van der Waals surface area contributed by atoms with E-state index in [-0.39, 0.29) is 5.92 Å². The van der Waals surface area contributed by atoms with Gasteiger partial charge in [0, 0.05) is 10.9 Å². The van der Waals surface area contributed by atoms with Crippen molar-refractivity contribution in [2.24, 2.45) is 0 Å². The third-order valence-corrected chi connectivity index (χ3v) is 1.94. The fraction of sp³-hybridized carbons (Fsp3) is 0.222. The second-order valence-electron chi connectivity index (χ2n) is 2.45. The first-order valence-electron chi connectivity index (χ1n) is 3.45. The number of rotatable bonds is 2. The van der Waals surface area contributed by atoms with Gasteiger partial charge in [-0.2, -0.15) is 0 Å². The summed E-state index contributed by atoms with van der Waals surface area (Å²) in [5.41, 5.74) is 0.893. The Hall–Kier alpha value is -0.820. The molecule has 0 radical (unpaired) electrons. The molecule has 0 aromatic heterocycles. The van der Waals surface area contributed by atoms with Crippen LogP contribution in [0.1, 0.15) is 18.4 Å². The first kappa shape index (κ1) is 8.28. The maximum absolute atomic E-state index is 10.4. The van der Waals surface area contributed by atoms with E-state index in [1.54, 1.807) is 6.07 Å². The van der Waals surface area contributed by atoms with E-state index in [2.05, 4.69) is 0 Å². The first-order valence-corrected chi connectivity index (χ1v) is 3.83. The van der Waals surface area contributed by atoms with E-state index in [4.69, 9.17) is 11.6 Å². The molecule has 0 spiro atoms. The molecule has 0 heterocycles. The van der Waals surface area contributed by atoms with Gasteiger partial charge in [-0.25, -0.2) is 0 Å². The predicted molar refractivity (Wildman–Crippen MR) is 45.9 cm³/mol. The van der Waals surface area contributed by atoms with Gasteiger partial charge in [-0.3, -0.25) is 0 Å². The van der Waals surface area contributed by atoms with Gasteiger partial charge in [-0.05, 0) is 11.6 Å². The molecule has 0 bridgehead atoms. The lowest BCUT2D eigenvalue weighted by Gasteiger charge is -2.04. The minimum Gasteiger partial charge on any atom is -0.303 e. The van der Waals surface area contributed by atoms with Crippen molar-refractivity contribution in [3.63, 3.8) is 0 Å². The first-order chi connectivity index (χ1) is 5.25. The van der Waals surface area contributed by atoms with Crippen molar-refractivity contribution in [2.45, 2.75) is 12.8 Å². The SMILES string of the molecule is C[C@@H](C=O)c1ccccc1Cl. The second-order valence-corrected chi connectivity index (χ2v) is 2.85. The molecule has 1 nitrogen and oxygen atoms in total. The molecule has 1 aromatic carbocycles. The summed E-state index contributed by atoms with van der Waals surface area (Å²) in [6.45, 7) is 1.83. The monoisotopic (exact) mass is 168 g/mol. The Kier molecular flexibility index (Phi) is 2.66. The van der Waals surface area contributed by atoms with Crippen molar-refractivity contribution in [3.8, 4) is 0 Å². The zero-order valence-corrected chi connectivity index (χ0v) is 7.01. The molecule has 2 heteroatoms. The fourth-order valence-electron chi connectivity index (χ4n) is 0.918. The molecule has 58 valence electrons. The average molecular weight is 169 g/mol. The van der Waals surface area contributed by atoms with Crippen LogP contribution in [0.25, 0.3) is 0 Å². The van der Waals surface area contributed by atoms with E-state index in [0.717, 1.165) is 11.8 Å². The molecule has 0 aliphatic carbocycles. The van der Waals surface area contributed by atoms with Crippen LogP contribution in [0.5, 0.6) is 0 Å². The molecular weight excluding hydrogens is 160 g/mol. The Morgan fingerprint density at radius 3 is 2.64 bits per heavy atom. The quantitative estimate of drug-likeness (QED) is 0.621. The van der Waals surface area contributed by atoms with E-state index >= 15 is 0 Å². The van der Waals surface area contributed by atoms with E-state index in [1.807, 2.05) is 25.1 Å². The maximum atomic E-state index is 10.4.